The van der Waals surface area contributed by atoms with Gasteiger partial charge in [0.25, 0.3) is 0 Å². The van der Waals surface area contributed by atoms with E-state index in [1.165, 1.54) is 0 Å². The highest BCUT2D eigenvalue weighted by Crippen LogP contribution is 2.06. The maximum atomic E-state index is 11.4. The van der Waals surface area contributed by atoms with Gasteiger partial charge in [-0.2, -0.15) is 0 Å². The average molecular weight is 170 g/mol. The van der Waals surface area contributed by atoms with Gasteiger partial charge in [0.15, 0.2) is 0 Å². The standard InChI is InChI=1S/C9H18N2O/c1-7(2)6-8-9(12)11-5-3-4-10-8/h7-8,10H,3-6H2,1-2H3,(H,11,12)/t8-/m1/s1. The van der Waals surface area contributed by atoms with E-state index in [0.29, 0.717) is 5.92 Å². The summed E-state index contributed by atoms with van der Waals surface area (Å²) in [6.45, 7) is 6.05. The number of rotatable bonds is 2. The minimum atomic E-state index is 0.0347. The molecule has 1 amide bonds. The molecule has 1 rings (SSSR count). The molecule has 3 nitrogen and oxygen atoms in total. The Balaban J connectivity index is 2.42. The molecule has 1 aliphatic heterocycles. The predicted octanol–water partition coefficient (Wildman–Crippen LogP) is 0.511. The Hall–Kier alpha value is -0.570. The Kier molecular flexibility index (Phi) is 3.53. The van der Waals surface area contributed by atoms with Crippen LogP contribution in [0.3, 0.4) is 0 Å². The zero-order chi connectivity index (χ0) is 8.97. The van der Waals surface area contributed by atoms with Gasteiger partial charge in [-0.3, -0.25) is 4.79 Å². The van der Waals surface area contributed by atoms with Crippen LogP contribution in [0.2, 0.25) is 0 Å². The third-order valence-electron chi connectivity index (χ3n) is 2.07. The molecule has 1 heterocycles. The largest absolute Gasteiger partial charge is 0.355 e. The molecular formula is C9H18N2O. The second kappa shape index (κ2) is 4.45. The van der Waals surface area contributed by atoms with Gasteiger partial charge in [-0.1, -0.05) is 13.8 Å². The van der Waals surface area contributed by atoms with Crippen molar-refractivity contribution >= 4 is 5.91 Å². The Morgan fingerprint density at radius 3 is 2.92 bits per heavy atom. The molecule has 0 bridgehead atoms. The lowest BCUT2D eigenvalue weighted by molar-refractivity contribution is -0.123. The lowest BCUT2D eigenvalue weighted by atomic mass is 10.0. The van der Waals surface area contributed by atoms with E-state index in [-0.39, 0.29) is 11.9 Å². The van der Waals surface area contributed by atoms with Crippen LogP contribution in [0.25, 0.3) is 0 Å². The van der Waals surface area contributed by atoms with Crippen LogP contribution in [0.4, 0.5) is 0 Å². The predicted molar refractivity (Wildman–Crippen MR) is 48.9 cm³/mol. The first kappa shape index (κ1) is 9.52. The second-order valence-corrected chi connectivity index (χ2v) is 3.78. The van der Waals surface area contributed by atoms with Gasteiger partial charge in [0.05, 0.1) is 6.04 Å². The van der Waals surface area contributed by atoms with Crippen LogP contribution in [0.15, 0.2) is 0 Å². The Labute approximate surface area is 73.9 Å². The van der Waals surface area contributed by atoms with E-state index in [1.54, 1.807) is 0 Å². The summed E-state index contributed by atoms with van der Waals surface area (Å²) in [5.74, 6) is 0.743. The van der Waals surface area contributed by atoms with E-state index in [0.717, 1.165) is 25.9 Å². The molecule has 1 aliphatic rings. The minimum absolute atomic E-state index is 0.0347. The summed E-state index contributed by atoms with van der Waals surface area (Å²) in [4.78, 5) is 11.4. The van der Waals surface area contributed by atoms with E-state index >= 15 is 0 Å². The highest BCUT2D eigenvalue weighted by Gasteiger charge is 2.20. The zero-order valence-corrected chi connectivity index (χ0v) is 7.89. The summed E-state index contributed by atoms with van der Waals surface area (Å²) in [5.41, 5.74) is 0. The molecule has 0 saturated carbocycles. The van der Waals surface area contributed by atoms with E-state index in [1.807, 2.05) is 0 Å². The molecule has 3 heteroatoms. The number of carbonyl (C=O) groups excluding carboxylic acids is 1. The Morgan fingerprint density at radius 1 is 1.50 bits per heavy atom. The summed E-state index contributed by atoms with van der Waals surface area (Å²) in [6, 6.07) is 0.0347. The van der Waals surface area contributed by atoms with Gasteiger partial charge in [-0.15, -0.1) is 0 Å². The molecule has 1 saturated heterocycles. The van der Waals surface area contributed by atoms with Crippen LogP contribution in [0.5, 0.6) is 0 Å². The molecule has 0 spiro atoms. The minimum Gasteiger partial charge on any atom is -0.355 e. The fourth-order valence-electron chi connectivity index (χ4n) is 1.45. The van der Waals surface area contributed by atoms with E-state index < -0.39 is 0 Å². The molecule has 0 unspecified atom stereocenters. The lowest BCUT2D eigenvalue weighted by Gasteiger charge is -2.16. The van der Waals surface area contributed by atoms with E-state index in [4.69, 9.17) is 0 Å². The first-order chi connectivity index (χ1) is 5.70. The molecule has 12 heavy (non-hydrogen) atoms. The maximum Gasteiger partial charge on any atom is 0.237 e. The van der Waals surface area contributed by atoms with Crippen molar-refractivity contribution in [2.24, 2.45) is 5.92 Å². The summed E-state index contributed by atoms with van der Waals surface area (Å²) in [6.07, 6.45) is 1.98. The molecule has 0 aliphatic carbocycles. The van der Waals surface area contributed by atoms with Gasteiger partial charge in [-0.25, -0.2) is 0 Å². The average Bonchev–Trinajstić information content (AvgIpc) is 2.16. The highest BCUT2D eigenvalue weighted by atomic mass is 16.2. The summed E-state index contributed by atoms with van der Waals surface area (Å²) in [7, 11) is 0. The zero-order valence-electron chi connectivity index (χ0n) is 7.89. The van der Waals surface area contributed by atoms with Gasteiger partial charge in [0.2, 0.25) is 5.91 Å². The maximum absolute atomic E-state index is 11.4. The van der Waals surface area contributed by atoms with Crippen LogP contribution < -0.4 is 10.6 Å². The van der Waals surface area contributed by atoms with Crippen LogP contribution in [-0.4, -0.2) is 25.0 Å². The third-order valence-corrected chi connectivity index (χ3v) is 2.07. The lowest BCUT2D eigenvalue weighted by Crippen LogP contribution is -2.41. The molecule has 0 radical (unpaired) electrons. The smallest absolute Gasteiger partial charge is 0.237 e. The molecule has 70 valence electrons. The van der Waals surface area contributed by atoms with Gasteiger partial charge in [-0.05, 0) is 25.3 Å². The molecule has 0 aromatic carbocycles. The molecule has 1 atom stereocenters. The van der Waals surface area contributed by atoms with Crippen LogP contribution in [0.1, 0.15) is 26.7 Å². The fraction of sp³-hybridized carbons (Fsp3) is 0.889. The summed E-state index contributed by atoms with van der Waals surface area (Å²) in [5, 5.41) is 6.15. The van der Waals surface area contributed by atoms with Crippen molar-refractivity contribution in [2.75, 3.05) is 13.1 Å². The first-order valence-corrected chi connectivity index (χ1v) is 4.71. The third kappa shape index (κ3) is 2.81. The number of amides is 1. The molecular weight excluding hydrogens is 152 g/mol. The molecule has 0 aromatic heterocycles. The SMILES string of the molecule is CC(C)C[C@H]1NCCCNC1=O. The van der Waals surface area contributed by atoms with E-state index in [9.17, 15) is 4.79 Å². The topological polar surface area (TPSA) is 41.1 Å². The quantitative estimate of drug-likeness (QED) is 0.634. The van der Waals surface area contributed by atoms with Crippen molar-refractivity contribution in [3.63, 3.8) is 0 Å². The van der Waals surface area contributed by atoms with Crippen molar-refractivity contribution < 1.29 is 4.79 Å². The normalized spacial score (nSPS) is 25.2. The van der Waals surface area contributed by atoms with Crippen molar-refractivity contribution in [3.05, 3.63) is 0 Å². The summed E-state index contributed by atoms with van der Waals surface area (Å²) < 4.78 is 0. The van der Waals surface area contributed by atoms with Crippen molar-refractivity contribution in [1.29, 1.82) is 0 Å². The fourth-order valence-corrected chi connectivity index (χ4v) is 1.45. The van der Waals surface area contributed by atoms with Crippen molar-refractivity contribution in [1.82, 2.24) is 10.6 Å². The molecule has 1 fully saturated rings. The number of hydrogen-bond acceptors (Lipinski definition) is 2. The van der Waals surface area contributed by atoms with Crippen LogP contribution >= 0.6 is 0 Å². The summed E-state index contributed by atoms with van der Waals surface area (Å²) >= 11 is 0. The highest BCUT2D eigenvalue weighted by molar-refractivity contribution is 5.81. The van der Waals surface area contributed by atoms with Crippen LogP contribution in [0, 0.1) is 5.92 Å². The molecule has 2 N–H and O–H groups in total. The number of hydrogen-bond donors (Lipinski definition) is 2. The van der Waals surface area contributed by atoms with Gasteiger partial charge in [0, 0.05) is 6.54 Å². The first-order valence-electron chi connectivity index (χ1n) is 4.71. The van der Waals surface area contributed by atoms with Crippen molar-refractivity contribution in [2.45, 2.75) is 32.7 Å². The number of nitrogens with one attached hydrogen (secondary N) is 2. The number of carbonyl (C=O) groups is 1. The molecule has 0 aromatic rings. The van der Waals surface area contributed by atoms with Gasteiger partial charge >= 0.3 is 0 Å². The van der Waals surface area contributed by atoms with Gasteiger partial charge in [0.1, 0.15) is 0 Å². The second-order valence-electron chi connectivity index (χ2n) is 3.78. The van der Waals surface area contributed by atoms with Crippen molar-refractivity contribution in [3.8, 4) is 0 Å². The van der Waals surface area contributed by atoms with Gasteiger partial charge < -0.3 is 10.6 Å². The Morgan fingerprint density at radius 2 is 2.25 bits per heavy atom. The van der Waals surface area contributed by atoms with Crippen LogP contribution in [-0.2, 0) is 4.79 Å². The monoisotopic (exact) mass is 170 g/mol. The van der Waals surface area contributed by atoms with E-state index in [2.05, 4.69) is 24.5 Å². The Bertz CT molecular complexity index is 157.